The second-order valence-electron chi connectivity index (χ2n) is 6.79. The van der Waals surface area contributed by atoms with Crippen molar-refractivity contribution in [3.05, 3.63) is 83.9 Å². The summed E-state index contributed by atoms with van der Waals surface area (Å²) in [6, 6.07) is 23.6. The molecule has 0 aliphatic heterocycles. The van der Waals surface area contributed by atoms with Gasteiger partial charge in [-0.15, -0.1) is 0 Å². The molecule has 0 spiro atoms. The van der Waals surface area contributed by atoms with E-state index in [2.05, 4.69) is 50.2 Å². The van der Waals surface area contributed by atoms with Crippen LogP contribution in [-0.2, 0) is 12.8 Å². The van der Waals surface area contributed by atoms with E-state index < -0.39 is 6.16 Å². The van der Waals surface area contributed by atoms with E-state index in [4.69, 9.17) is 9.47 Å². The van der Waals surface area contributed by atoms with Crippen LogP contribution >= 0.6 is 0 Å². The van der Waals surface area contributed by atoms with Crippen LogP contribution in [0.1, 0.15) is 25.0 Å². The second kappa shape index (κ2) is 7.73. The number of fused-ring (bicyclic) bond motifs is 2. The van der Waals surface area contributed by atoms with Gasteiger partial charge in [0, 0.05) is 10.8 Å². The lowest BCUT2D eigenvalue weighted by molar-refractivity contribution is 0.153. The van der Waals surface area contributed by atoms with Crippen molar-refractivity contribution >= 4 is 27.7 Å². The van der Waals surface area contributed by atoms with Gasteiger partial charge in [-0.2, -0.15) is 0 Å². The SMILES string of the molecule is CCc1ccc2c(OC(=O)Oc3ccccc3)c3cc(CC)ccc3cc2c1. The van der Waals surface area contributed by atoms with Crippen molar-refractivity contribution in [2.45, 2.75) is 26.7 Å². The number of ether oxygens (including phenoxy) is 2. The first-order chi connectivity index (χ1) is 13.7. The number of hydrogen-bond acceptors (Lipinski definition) is 3. The molecule has 4 rings (SSSR count). The molecule has 0 amide bonds. The normalized spacial score (nSPS) is 10.9. The molecule has 0 aliphatic carbocycles. The smallest absolute Gasteiger partial charge is 0.395 e. The van der Waals surface area contributed by atoms with Crippen LogP contribution in [0.5, 0.6) is 11.5 Å². The average Bonchev–Trinajstić information content (AvgIpc) is 2.73. The largest absolute Gasteiger partial charge is 0.519 e. The number of benzene rings is 4. The van der Waals surface area contributed by atoms with Crippen LogP contribution in [0.25, 0.3) is 21.5 Å². The molecule has 28 heavy (non-hydrogen) atoms. The highest BCUT2D eigenvalue weighted by Crippen LogP contribution is 2.36. The highest BCUT2D eigenvalue weighted by atomic mass is 16.7. The van der Waals surface area contributed by atoms with Crippen molar-refractivity contribution in [1.29, 1.82) is 0 Å². The maximum atomic E-state index is 12.5. The zero-order chi connectivity index (χ0) is 19.5. The quantitative estimate of drug-likeness (QED) is 0.228. The molecule has 0 N–H and O–H groups in total. The van der Waals surface area contributed by atoms with Crippen molar-refractivity contribution in [2.24, 2.45) is 0 Å². The molecular formula is C25H22O3. The zero-order valence-corrected chi connectivity index (χ0v) is 16.1. The molecule has 0 aliphatic rings. The van der Waals surface area contributed by atoms with Crippen molar-refractivity contribution < 1.29 is 14.3 Å². The van der Waals surface area contributed by atoms with Crippen LogP contribution in [0, 0.1) is 0 Å². The zero-order valence-electron chi connectivity index (χ0n) is 16.1. The predicted octanol–water partition coefficient (Wildman–Crippen LogP) is 6.70. The van der Waals surface area contributed by atoms with Crippen LogP contribution in [0.15, 0.2) is 72.8 Å². The van der Waals surface area contributed by atoms with E-state index in [-0.39, 0.29) is 0 Å². The Morgan fingerprint density at radius 1 is 0.714 bits per heavy atom. The van der Waals surface area contributed by atoms with E-state index >= 15 is 0 Å². The van der Waals surface area contributed by atoms with E-state index in [9.17, 15) is 4.79 Å². The second-order valence-corrected chi connectivity index (χ2v) is 6.79. The number of rotatable bonds is 4. The number of carbonyl (C=O) groups is 1. The molecule has 0 radical (unpaired) electrons. The molecule has 3 nitrogen and oxygen atoms in total. The van der Waals surface area contributed by atoms with Crippen LogP contribution in [0.4, 0.5) is 4.79 Å². The number of carbonyl (C=O) groups excluding carboxylic acids is 1. The summed E-state index contributed by atoms with van der Waals surface area (Å²) in [4.78, 5) is 12.5. The Morgan fingerprint density at radius 2 is 1.43 bits per heavy atom. The summed E-state index contributed by atoms with van der Waals surface area (Å²) in [6.45, 7) is 4.24. The van der Waals surface area contributed by atoms with Crippen LogP contribution in [0.3, 0.4) is 0 Å². The third-order valence-electron chi connectivity index (χ3n) is 4.98. The van der Waals surface area contributed by atoms with Gasteiger partial charge in [-0.05, 0) is 59.0 Å². The number of hydrogen-bond donors (Lipinski definition) is 0. The van der Waals surface area contributed by atoms with Gasteiger partial charge in [-0.1, -0.05) is 62.4 Å². The lowest BCUT2D eigenvalue weighted by atomic mass is 9.98. The van der Waals surface area contributed by atoms with Gasteiger partial charge in [0.2, 0.25) is 0 Å². The summed E-state index contributed by atoms with van der Waals surface area (Å²) in [6.07, 6.45) is 1.13. The van der Waals surface area contributed by atoms with Gasteiger partial charge >= 0.3 is 6.16 Å². The van der Waals surface area contributed by atoms with E-state index in [0.29, 0.717) is 11.5 Å². The summed E-state index contributed by atoms with van der Waals surface area (Å²) in [5.41, 5.74) is 2.44. The van der Waals surface area contributed by atoms with E-state index in [1.165, 1.54) is 11.1 Å². The Morgan fingerprint density at radius 3 is 2.18 bits per heavy atom. The highest BCUT2D eigenvalue weighted by Gasteiger charge is 2.15. The fourth-order valence-corrected chi connectivity index (χ4v) is 3.42. The monoisotopic (exact) mass is 370 g/mol. The molecule has 0 saturated carbocycles. The van der Waals surface area contributed by atoms with Gasteiger partial charge in [0.1, 0.15) is 11.5 Å². The number of aryl methyl sites for hydroxylation is 2. The predicted molar refractivity (Wildman–Crippen MR) is 113 cm³/mol. The molecule has 140 valence electrons. The standard InChI is InChI=1S/C25H22O3/c1-3-17-11-13-22-20(14-17)16-19-12-10-18(4-2)15-23(19)24(22)28-25(26)27-21-8-6-5-7-9-21/h5-16H,3-4H2,1-2H3. The molecule has 0 fully saturated rings. The Kier molecular flexibility index (Phi) is 4.98. The first-order valence-electron chi connectivity index (χ1n) is 9.61. The van der Waals surface area contributed by atoms with Gasteiger partial charge in [0.05, 0.1) is 0 Å². The fourth-order valence-electron chi connectivity index (χ4n) is 3.42. The molecule has 0 bridgehead atoms. The van der Waals surface area contributed by atoms with E-state index in [1.807, 2.05) is 24.3 Å². The average molecular weight is 370 g/mol. The van der Waals surface area contributed by atoms with Crippen molar-refractivity contribution in [1.82, 2.24) is 0 Å². The lowest BCUT2D eigenvalue weighted by Gasteiger charge is -2.13. The van der Waals surface area contributed by atoms with Crippen LogP contribution in [-0.4, -0.2) is 6.16 Å². The van der Waals surface area contributed by atoms with Gasteiger partial charge in [-0.3, -0.25) is 0 Å². The summed E-state index contributed by atoms with van der Waals surface area (Å²) < 4.78 is 11.1. The minimum atomic E-state index is -0.735. The lowest BCUT2D eigenvalue weighted by Crippen LogP contribution is -2.14. The summed E-state index contributed by atoms with van der Waals surface area (Å²) >= 11 is 0. The topological polar surface area (TPSA) is 35.5 Å². The first kappa shape index (κ1) is 18.1. The minimum Gasteiger partial charge on any atom is -0.395 e. The van der Waals surface area contributed by atoms with Crippen LogP contribution in [0.2, 0.25) is 0 Å². The van der Waals surface area contributed by atoms with Gasteiger partial charge in [0.25, 0.3) is 0 Å². The van der Waals surface area contributed by atoms with E-state index in [1.54, 1.807) is 12.1 Å². The summed E-state index contributed by atoms with van der Waals surface area (Å²) in [5, 5.41) is 3.92. The first-order valence-corrected chi connectivity index (χ1v) is 9.61. The molecule has 0 heterocycles. The van der Waals surface area contributed by atoms with Gasteiger partial charge < -0.3 is 9.47 Å². The highest BCUT2D eigenvalue weighted by molar-refractivity contribution is 6.06. The Labute approximate surface area is 164 Å². The maximum absolute atomic E-state index is 12.5. The van der Waals surface area contributed by atoms with Crippen molar-refractivity contribution in [3.8, 4) is 11.5 Å². The Bertz CT molecular complexity index is 1150. The summed E-state index contributed by atoms with van der Waals surface area (Å²) in [5.74, 6) is 1.01. The third kappa shape index (κ3) is 3.56. The van der Waals surface area contributed by atoms with Crippen LogP contribution < -0.4 is 9.47 Å². The molecule has 4 aromatic rings. The molecule has 0 saturated heterocycles. The Hall–Kier alpha value is -3.33. The van der Waals surface area contributed by atoms with E-state index in [0.717, 1.165) is 34.4 Å². The minimum absolute atomic E-state index is 0.458. The Balaban J connectivity index is 1.83. The number of para-hydroxylation sites is 1. The van der Waals surface area contributed by atoms with Gasteiger partial charge in [-0.25, -0.2) is 4.79 Å². The van der Waals surface area contributed by atoms with Crippen molar-refractivity contribution in [3.63, 3.8) is 0 Å². The molecule has 0 aromatic heterocycles. The summed E-state index contributed by atoms with van der Waals surface area (Å²) in [7, 11) is 0. The molecule has 0 atom stereocenters. The molecule has 3 heteroatoms. The third-order valence-corrected chi connectivity index (χ3v) is 4.98. The van der Waals surface area contributed by atoms with Gasteiger partial charge in [0.15, 0.2) is 0 Å². The maximum Gasteiger partial charge on any atom is 0.519 e. The fraction of sp³-hybridized carbons (Fsp3) is 0.160. The van der Waals surface area contributed by atoms with Crippen molar-refractivity contribution in [2.75, 3.05) is 0 Å². The molecule has 4 aromatic carbocycles. The molecule has 0 unspecified atom stereocenters. The molecular weight excluding hydrogens is 348 g/mol.